The third kappa shape index (κ3) is 4.28. The zero-order valence-electron chi connectivity index (χ0n) is 14.4. The summed E-state index contributed by atoms with van der Waals surface area (Å²) < 4.78 is 5.83. The Morgan fingerprint density at radius 2 is 1.92 bits per heavy atom. The smallest absolute Gasteiger partial charge is 0.269 e. The fourth-order valence-electron chi connectivity index (χ4n) is 3.13. The molecule has 0 saturated carbocycles. The van der Waals surface area contributed by atoms with Crippen molar-refractivity contribution in [2.75, 3.05) is 32.0 Å². The molecule has 0 bridgehead atoms. The molecule has 1 aliphatic rings. The Hall–Kier alpha value is -2.60. The van der Waals surface area contributed by atoms with E-state index >= 15 is 0 Å². The first-order valence-electron chi connectivity index (χ1n) is 8.50. The van der Waals surface area contributed by atoms with Crippen molar-refractivity contribution in [3.63, 3.8) is 0 Å². The number of nitrogens with two attached hydrogens (primary N) is 1. The summed E-state index contributed by atoms with van der Waals surface area (Å²) in [4.78, 5) is 12.9. The molecule has 132 valence electrons. The molecular formula is C19H23N3O3. The van der Waals surface area contributed by atoms with E-state index in [-0.39, 0.29) is 10.6 Å². The SMILES string of the molecule is Cc1cc(OCCN2CCc3ccc([N+](=O)[O-])cc3CC2)ccc1N. The minimum absolute atomic E-state index is 0.175. The molecule has 2 aromatic carbocycles. The van der Waals surface area contributed by atoms with E-state index in [2.05, 4.69) is 4.90 Å². The lowest BCUT2D eigenvalue weighted by molar-refractivity contribution is -0.384. The third-order valence-corrected chi connectivity index (χ3v) is 4.71. The Morgan fingerprint density at radius 3 is 2.64 bits per heavy atom. The van der Waals surface area contributed by atoms with Crippen LogP contribution in [0.4, 0.5) is 11.4 Å². The van der Waals surface area contributed by atoms with Gasteiger partial charge >= 0.3 is 0 Å². The van der Waals surface area contributed by atoms with Crippen LogP contribution in [-0.4, -0.2) is 36.1 Å². The molecule has 6 heteroatoms. The van der Waals surface area contributed by atoms with Gasteiger partial charge in [0.15, 0.2) is 0 Å². The highest BCUT2D eigenvalue weighted by molar-refractivity contribution is 5.49. The highest BCUT2D eigenvalue weighted by Gasteiger charge is 2.16. The fraction of sp³-hybridized carbons (Fsp3) is 0.368. The van der Waals surface area contributed by atoms with Gasteiger partial charge in [0, 0.05) is 37.5 Å². The molecule has 0 spiro atoms. The summed E-state index contributed by atoms with van der Waals surface area (Å²) in [6, 6.07) is 10.9. The number of nitrogen functional groups attached to an aromatic ring is 1. The van der Waals surface area contributed by atoms with E-state index in [0.29, 0.717) is 6.61 Å². The maximum atomic E-state index is 10.9. The molecule has 2 aromatic rings. The van der Waals surface area contributed by atoms with Crippen LogP contribution in [0.5, 0.6) is 5.75 Å². The number of hydrogen-bond donors (Lipinski definition) is 1. The Labute approximate surface area is 147 Å². The van der Waals surface area contributed by atoms with E-state index in [0.717, 1.165) is 55.0 Å². The van der Waals surface area contributed by atoms with Crippen molar-refractivity contribution in [2.24, 2.45) is 0 Å². The molecule has 0 fully saturated rings. The Bertz CT molecular complexity index is 777. The Morgan fingerprint density at radius 1 is 1.16 bits per heavy atom. The quantitative estimate of drug-likeness (QED) is 0.514. The molecule has 0 atom stereocenters. The van der Waals surface area contributed by atoms with Crippen LogP contribution in [0.3, 0.4) is 0 Å². The van der Waals surface area contributed by atoms with Crippen LogP contribution in [0.1, 0.15) is 16.7 Å². The maximum absolute atomic E-state index is 10.9. The van der Waals surface area contributed by atoms with Gasteiger partial charge in [-0.1, -0.05) is 6.07 Å². The van der Waals surface area contributed by atoms with Crippen molar-refractivity contribution in [3.05, 3.63) is 63.2 Å². The maximum Gasteiger partial charge on any atom is 0.269 e. The molecule has 2 N–H and O–H groups in total. The van der Waals surface area contributed by atoms with Crippen LogP contribution in [0.25, 0.3) is 0 Å². The predicted molar refractivity (Wildman–Crippen MR) is 98.0 cm³/mol. The average Bonchev–Trinajstić information content (AvgIpc) is 2.80. The van der Waals surface area contributed by atoms with Crippen molar-refractivity contribution >= 4 is 11.4 Å². The molecule has 0 saturated heterocycles. The zero-order chi connectivity index (χ0) is 17.8. The summed E-state index contributed by atoms with van der Waals surface area (Å²) in [5, 5.41) is 10.9. The highest BCUT2D eigenvalue weighted by atomic mass is 16.6. The van der Waals surface area contributed by atoms with Crippen molar-refractivity contribution in [3.8, 4) is 5.75 Å². The van der Waals surface area contributed by atoms with Gasteiger partial charge in [-0.15, -0.1) is 0 Å². The van der Waals surface area contributed by atoms with E-state index in [9.17, 15) is 10.1 Å². The van der Waals surface area contributed by atoms with Gasteiger partial charge in [0.1, 0.15) is 12.4 Å². The molecule has 0 aliphatic carbocycles. The van der Waals surface area contributed by atoms with Gasteiger partial charge in [-0.25, -0.2) is 0 Å². The first kappa shape index (κ1) is 17.2. The van der Waals surface area contributed by atoms with Gasteiger partial charge in [0.25, 0.3) is 5.69 Å². The Kier molecular flexibility index (Phi) is 5.19. The fourth-order valence-corrected chi connectivity index (χ4v) is 3.13. The van der Waals surface area contributed by atoms with Crippen LogP contribution in [0, 0.1) is 17.0 Å². The summed E-state index contributed by atoms with van der Waals surface area (Å²) in [6.45, 7) is 5.24. The molecule has 1 heterocycles. The minimum atomic E-state index is -0.328. The Balaban J connectivity index is 1.53. The van der Waals surface area contributed by atoms with Gasteiger partial charge in [-0.2, -0.15) is 0 Å². The molecule has 0 amide bonds. The van der Waals surface area contributed by atoms with Crippen LogP contribution < -0.4 is 10.5 Å². The van der Waals surface area contributed by atoms with Crippen molar-refractivity contribution in [1.29, 1.82) is 0 Å². The van der Waals surface area contributed by atoms with Gasteiger partial charge in [-0.3, -0.25) is 15.0 Å². The first-order valence-corrected chi connectivity index (χ1v) is 8.50. The number of benzene rings is 2. The normalized spacial score (nSPS) is 14.6. The van der Waals surface area contributed by atoms with E-state index in [1.807, 2.05) is 31.2 Å². The second-order valence-corrected chi connectivity index (χ2v) is 6.42. The summed E-state index contributed by atoms with van der Waals surface area (Å²) in [7, 11) is 0. The molecule has 6 nitrogen and oxygen atoms in total. The number of non-ortho nitro benzene ring substituents is 1. The number of hydrogen-bond acceptors (Lipinski definition) is 5. The van der Waals surface area contributed by atoms with Crippen molar-refractivity contribution in [1.82, 2.24) is 4.90 Å². The number of rotatable bonds is 5. The van der Waals surface area contributed by atoms with Crippen LogP contribution in [0.2, 0.25) is 0 Å². The molecule has 1 aliphatic heterocycles. The van der Waals surface area contributed by atoms with E-state index in [1.54, 1.807) is 12.1 Å². The lowest BCUT2D eigenvalue weighted by Gasteiger charge is -2.20. The number of nitro groups is 1. The molecule has 3 rings (SSSR count). The number of ether oxygens (including phenoxy) is 1. The second-order valence-electron chi connectivity index (χ2n) is 6.42. The van der Waals surface area contributed by atoms with Gasteiger partial charge in [-0.05, 0) is 54.7 Å². The van der Waals surface area contributed by atoms with Gasteiger partial charge in [0.2, 0.25) is 0 Å². The number of fused-ring (bicyclic) bond motifs is 1. The van der Waals surface area contributed by atoms with E-state index < -0.39 is 0 Å². The van der Waals surface area contributed by atoms with Crippen molar-refractivity contribution in [2.45, 2.75) is 19.8 Å². The zero-order valence-corrected chi connectivity index (χ0v) is 14.4. The summed E-state index contributed by atoms with van der Waals surface area (Å²) in [6.07, 6.45) is 1.74. The molecule has 0 aromatic heterocycles. The molecular weight excluding hydrogens is 318 g/mol. The summed E-state index contributed by atoms with van der Waals surface area (Å²) in [5.74, 6) is 0.834. The summed E-state index contributed by atoms with van der Waals surface area (Å²) >= 11 is 0. The molecule has 0 unspecified atom stereocenters. The van der Waals surface area contributed by atoms with Crippen LogP contribution in [-0.2, 0) is 12.8 Å². The van der Waals surface area contributed by atoms with Gasteiger partial charge in [0.05, 0.1) is 4.92 Å². The minimum Gasteiger partial charge on any atom is -0.492 e. The lowest BCUT2D eigenvalue weighted by Crippen LogP contribution is -2.30. The molecule has 25 heavy (non-hydrogen) atoms. The number of nitrogens with zero attached hydrogens (tertiary/aromatic N) is 2. The topological polar surface area (TPSA) is 81.6 Å². The highest BCUT2D eigenvalue weighted by Crippen LogP contribution is 2.22. The third-order valence-electron chi connectivity index (χ3n) is 4.71. The number of aryl methyl sites for hydroxylation is 1. The second kappa shape index (κ2) is 7.53. The monoisotopic (exact) mass is 341 g/mol. The first-order chi connectivity index (χ1) is 12.0. The van der Waals surface area contributed by atoms with Crippen molar-refractivity contribution < 1.29 is 9.66 Å². The number of anilines is 1. The average molecular weight is 341 g/mol. The largest absolute Gasteiger partial charge is 0.492 e. The number of nitro benzene ring substituents is 1. The van der Waals surface area contributed by atoms with Crippen LogP contribution >= 0.6 is 0 Å². The lowest BCUT2D eigenvalue weighted by atomic mass is 10.0. The van der Waals surface area contributed by atoms with Crippen LogP contribution in [0.15, 0.2) is 36.4 Å². The van der Waals surface area contributed by atoms with Gasteiger partial charge < -0.3 is 10.5 Å². The standard InChI is InChI=1S/C19H23N3O3/c1-14-12-18(4-5-19(14)20)25-11-10-21-8-6-15-2-3-17(22(23)24)13-16(15)7-9-21/h2-5,12-13H,6-11,20H2,1H3. The summed E-state index contributed by atoms with van der Waals surface area (Å²) in [5.41, 5.74) is 10.1. The molecule has 0 radical (unpaired) electrons. The van der Waals surface area contributed by atoms with E-state index in [1.165, 1.54) is 5.56 Å². The van der Waals surface area contributed by atoms with E-state index in [4.69, 9.17) is 10.5 Å². The predicted octanol–water partition coefficient (Wildman–Crippen LogP) is 2.97.